The monoisotopic (exact) mass is 446 g/mol. The first-order chi connectivity index (χ1) is 15.7. The molecule has 33 heavy (non-hydrogen) atoms. The average Bonchev–Trinajstić information content (AvgIpc) is 3.27. The zero-order chi connectivity index (χ0) is 23.9. The Morgan fingerprint density at radius 3 is 2.33 bits per heavy atom. The van der Waals surface area contributed by atoms with E-state index in [1.54, 1.807) is 0 Å². The Morgan fingerprint density at radius 1 is 1.06 bits per heavy atom. The minimum Gasteiger partial charge on any atom is -0.336 e. The van der Waals surface area contributed by atoms with Crippen LogP contribution >= 0.6 is 0 Å². The van der Waals surface area contributed by atoms with E-state index >= 15 is 0 Å². The minimum atomic E-state index is -0.0648. The van der Waals surface area contributed by atoms with Gasteiger partial charge in [-0.05, 0) is 76.9 Å². The third-order valence-electron chi connectivity index (χ3n) is 6.39. The molecule has 1 unspecified atom stereocenters. The maximum atomic E-state index is 13.3. The number of fused-ring (bicyclic) bond motifs is 1. The molecule has 6 nitrogen and oxygen atoms in total. The lowest BCUT2D eigenvalue weighted by atomic mass is 10.1. The number of hydrogen-bond donors (Lipinski definition) is 0. The lowest BCUT2D eigenvalue weighted by Gasteiger charge is -2.31. The number of aryl methyl sites for hydroxylation is 2. The van der Waals surface area contributed by atoms with Crippen LogP contribution in [0.1, 0.15) is 57.0 Å². The van der Waals surface area contributed by atoms with Crippen LogP contribution in [0.5, 0.6) is 0 Å². The number of carbonyl (C=O) groups excluding carboxylic acids is 2. The van der Waals surface area contributed by atoms with Crippen molar-refractivity contribution in [2.24, 2.45) is 0 Å². The molecule has 6 heteroatoms. The van der Waals surface area contributed by atoms with Crippen LogP contribution in [0, 0.1) is 13.8 Å². The van der Waals surface area contributed by atoms with Crippen molar-refractivity contribution in [3.8, 4) is 0 Å². The zero-order valence-electron chi connectivity index (χ0n) is 20.5. The molecular formula is C27H34N4O2. The van der Waals surface area contributed by atoms with Gasteiger partial charge < -0.3 is 14.4 Å². The molecule has 1 fully saturated rings. The Bertz CT molecular complexity index is 1170. The van der Waals surface area contributed by atoms with E-state index in [4.69, 9.17) is 4.98 Å². The van der Waals surface area contributed by atoms with Crippen molar-refractivity contribution in [1.82, 2.24) is 14.5 Å². The zero-order valence-corrected chi connectivity index (χ0v) is 20.5. The van der Waals surface area contributed by atoms with Crippen LogP contribution in [0.3, 0.4) is 0 Å². The molecule has 1 aliphatic rings. The van der Waals surface area contributed by atoms with E-state index < -0.39 is 0 Å². The van der Waals surface area contributed by atoms with Crippen LogP contribution < -0.4 is 4.90 Å². The minimum absolute atomic E-state index is 0.0648. The van der Waals surface area contributed by atoms with Crippen LogP contribution in [-0.2, 0) is 16.1 Å². The molecule has 1 aromatic heterocycles. The third-order valence-corrected chi connectivity index (χ3v) is 6.39. The van der Waals surface area contributed by atoms with Gasteiger partial charge in [0.05, 0.1) is 11.0 Å². The molecule has 2 heterocycles. The van der Waals surface area contributed by atoms with E-state index in [2.05, 4.69) is 32.0 Å². The van der Waals surface area contributed by atoms with E-state index in [1.165, 1.54) is 0 Å². The maximum Gasteiger partial charge on any atom is 0.243 e. The summed E-state index contributed by atoms with van der Waals surface area (Å²) in [6.07, 6.45) is 0.391. The Labute approximate surface area is 196 Å². The van der Waals surface area contributed by atoms with Gasteiger partial charge in [0.15, 0.2) is 0 Å². The van der Waals surface area contributed by atoms with Gasteiger partial charge in [-0.1, -0.05) is 18.2 Å². The predicted octanol–water partition coefficient (Wildman–Crippen LogP) is 4.82. The van der Waals surface area contributed by atoms with Crippen molar-refractivity contribution < 1.29 is 9.59 Å². The fraction of sp³-hybridized carbons (Fsp3) is 0.444. The molecule has 174 valence electrons. The molecular weight excluding hydrogens is 412 g/mol. The molecule has 4 rings (SSSR count). The summed E-state index contributed by atoms with van der Waals surface area (Å²) in [5.41, 5.74) is 5.01. The van der Waals surface area contributed by atoms with Crippen molar-refractivity contribution in [3.05, 3.63) is 59.4 Å². The van der Waals surface area contributed by atoms with Gasteiger partial charge in [-0.2, -0.15) is 0 Å². The number of imidazole rings is 1. The number of hydrogen-bond acceptors (Lipinski definition) is 3. The van der Waals surface area contributed by atoms with Crippen LogP contribution in [-0.4, -0.2) is 44.9 Å². The third kappa shape index (κ3) is 4.52. The quantitative estimate of drug-likeness (QED) is 0.545. The summed E-state index contributed by atoms with van der Waals surface area (Å²) in [7, 11) is 0. The van der Waals surface area contributed by atoms with Gasteiger partial charge >= 0.3 is 0 Å². The summed E-state index contributed by atoms with van der Waals surface area (Å²) in [5.74, 6) is 0.920. The Hall–Kier alpha value is -3.15. The number of carbonyl (C=O) groups is 2. The fourth-order valence-corrected chi connectivity index (χ4v) is 5.20. The molecule has 0 N–H and O–H groups in total. The lowest BCUT2D eigenvalue weighted by molar-refractivity contribution is -0.135. The SMILES string of the molecule is Cc1cc(C)cc(N2CC(c3nc4ccccc4n3CC(=O)N(C(C)C)C(C)C)CC2=O)c1. The topological polar surface area (TPSA) is 58.4 Å². The van der Waals surface area contributed by atoms with E-state index in [1.807, 2.05) is 66.3 Å². The highest BCUT2D eigenvalue weighted by atomic mass is 16.2. The van der Waals surface area contributed by atoms with Crippen LogP contribution in [0.2, 0.25) is 0 Å². The Morgan fingerprint density at radius 2 is 1.70 bits per heavy atom. The number of aromatic nitrogens is 2. The predicted molar refractivity (Wildman–Crippen MR) is 132 cm³/mol. The highest BCUT2D eigenvalue weighted by Crippen LogP contribution is 2.34. The molecule has 0 bridgehead atoms. The summed E-state index contributed by atoms with van der Waals surface area (Å²) in [4.78, 5) is 35.1. The lowest BCUT2D eigenvalue weighted by Crippen LogP contribution is -2.44. The summed E-state index contributed by atoms with van der Waals surface area (Å²) in [6.45, 7) is 13.1. The number of benzene rings is 2. The first-order valence-corrected chi connectivity index (χ1v) is 11.8. The van der Waals surface area contributed by atoms with Crippen molar-refractivity contribution in [1.29, 1.82) is 0 Å². The van der Waals surface area contributed by atoms with Gasteiger partial charge in [0.25, 0.3) is 0 Å². The van der Waals surface area contributed by atoms with Crippen LogP contribution in [0.4, 0.5) is 5.69 Å². The summed E-state index contributed by atoms with van der Waals surface area (Å²) in [5, 5.41) is 0. The smallest absolute Gasteiger partial charge is 0.243 e. The van der Waals surface area contributed by atoms with Gasteiger partial charge in [-0.15, -0.1) is 0 Å². The molecule has 1 atom stereocenters. The van der Waals surface area contributed by atoms with Gasteiger partial charge in [-0.25, -0.2) is 4.98 Å². The first-order valence-electron chi connectivity index (χ1n) is 11.8. The molecule has 0 radical (unpaired) electrons. The van der Waals surface area contributed by atoms with E-state index in [0.717, 1.165) is 33.7 Å². The second-order valence-electron chi connectivity index (χ2n) is 9.78. The first kappa shape index (κ1) is 23.0. The second kappa shape index (κ2) is 9.00. The Balaban J connectivity index is 1.70. The van der Waals surface area contributed by atoms with Crippen molar-refractivity contribution >= 4 is 28.5 Å². The number of anilines is 1. The Kier molecular flexibility index (Phi) is 6.28. The standard InChI is InChI=1S/C27H34N4O2/c1-17(2)31(18(3)4)26(33)16-30-24-10-8-7-9-23(24)28-27(30)21-14-25(32)29(15-21)22-12-19(5)11-20(6)13-22/h7-13,17-18,21H,14-16H2,1-6H3. The second-order valence-corrected chi connectivity index (χ2v) is 9.78. The molecule has 0 spiro atoms. The summed E-state index contributed by atoms with van der Waals surface area (Å²) >= 11 is 0. The molecule has 3 aromatic rings. The molecule has 1 aliphatic heterocycles. The van der Waals surface area contributed by atoms with Gasteiger partial charge in [-0.3, -0.25) is 9.59 Å². The van der Waals surface area contributed by atoms with Crippen molar-refractivity contribution in [2.45, 2.75) is 72.5 Å². The average molecular weight is 447 g/mol. The number of para-hydroxylation sites is 2. The number of rotatable bonds is 6. The largest absolute Gasteiger partial charge is 0.336 e. The van der Waals surface area contributed by atoms with Gasteiger partial charge in [0, 0.05) is 36.7 Å². The molecule has 0 aliphatic carbocycles. The van der Waals surface area contributed by atoms with Crippen molar-refractivity contribution in [2.75, 3.05) is 11.4 Å². The fourth-order valence-electron chi connectivity index (χ4n) is 5.20. The molecule has 2 amide bonds. The highest BCUT2D eigenvalue weighted by Gasteiger charge is 2.35. The molecule has 1 saturated heterocycles. The van der Waals surface area contributed by atoms with Crippen LogP contribution in [0.25, 0.3) is 11.0 Å². The molecule has 2 aromatic carbocycles. The van der Waals surface area contributed by atoms with E-state index in [0.29, 0.717) is 13.0 Å². The van der Waals surface area contributed by atoms with E-state index in [-0.39, 0.29) is 36.4 Å². The molecule has 0 saturated carbocycles. The van der Waals surface area contributed by atoms with Crippen LogP contribution in [0.15, 0.2) is 42.5 Å². The van der Waals surface area contributed by atoms with Crippen molar-refractivity contribution in [3.63, 3.8) is 0 Å². The summed E-state index contributed by atoms with van der Waals surface area (Å²) in [6, 6.07) is 14.4. The normalized spacial score (nSPS) is 16.4. The number of amides is 2. The van der Waals surface area contributed by atoms with Gasteiger partial charge in [0.2, 0.25) is 11.8 Å². The maximum absolute atomic E-state index is 13.3. The highest BCUT2D eigenvalue weighted by molar-refractivity contribution is 5.96. The van der Waals surface area contributed by atoms with Gasteiger partial charge in [0.1, 0.15) is 12.4 Å². The van der Waals surface area contributed by atoms with E-state index in [9.17, 15) is 9.59 Å². The number of nitrogens with zero attached hydrogens (tertiary/aromatic N) is 4. The summed E-state index contributed by atoms with van der Waals surface area (Å²) < 4.78 is 2.03.